The number of hydrogen-bond donors (Lipinski definition) is 2. The van der Waals surface area contributed by atoms with E-state index in [-0.39, 0.29) is 16.5 Å². The van der Waals surface area contributed by atoms with Crippen molar-refractivity contribution < 1.29 is 13.9 Å². The minimum absolute atomic E-state index is 0.0476. The summed E-state index contributed by atoms with van der Waals surface area (Å²) in [5, 5.41) is 9.44. The number of rotatable bonds is 0. The summed E-state index contributed by atoms with van der Waals surface area (Å²) in [6.07, 6.45) is 0. The average molecular weight is 195 g/mol. The van der Waals surface area contributed by atoms with Gasteiger partial charge in [0.15, 0.2) is 11.6 Å². The van der Waals surface area contributed by atoms with E-state index in [1.165, 1.54) is 18.2 Å². The summed E-state index contributed by atoms with van der Waals surface area (Å²) in [5.74, 6) is -2.33. The van der Waals surface area contributed by atoms with Crippen molar-refractivity contribution >= 4 is 16.5 Å². The zero-order valence-electron chi connectivity index (χ0n) is 7.09. The summed E-state index contributed by atoms with van der Waals surface area (Å²) < 4.78 is 26.2. The second-order valence-electron chi connectivity index (χ2n) is 2.96. The van der Waals surface area contributed by atoms with Crippen LogP contribution in [-0.4, -0.2) is 5.11 Å². The molecule has 2 aromatic carbocycles. The molecule has 0 spiro atoms. The maximum atomic E-state index is 13.3. The fraction of sp³-hybridized carbons (Fsp3) is 0. The third kappa shape index (κ3) is 1.08. The lowest BCUT2D eigenvalue weighted by molar-refractivity contribution is 0.435. The van der Waals surface area contributed by atoms with Crippen molar-refractivity contribution in [2.45, 2.75) is 0 Å². The highest BCUT2D eigenvalue weighted by molar-refractivity contribution is 5.97. The predicted octanol–water partition coefficient (Wildman–Crippen LogP) is 2.41. The van der Waals surface area contributed by atoms with E-state index in [4.69, 9.17) is 5.73 Å². The molecule has 2 aromatic rings. The first-order valence-corrected chi connectivity index (χ1v) is 3.96. The molecule has 72 valence electrons. The molecule has 3 N–H and O–H groups in total. The van der Waals surface area contributed by atoms with Crippen LogP contribution in [0.2, 0.25) is 0 Å². The Morgan fingerprint density at radius 1 is 1.14 bits per heavy atom. The zero-order chi connectivity index (χ0) is 10.3. The van der Waals surface area contributed by atoms with Gasteiger partial charge in [-0.05, 0) is 6.07 Å². The monoisotopic (exact) mass is 195 g/mol. The fourth-order valence-electron chi connectivity index (χ4n) is 1.41. The van der Waals surface area contributed by atoms with Crippen molar-refractivity contribution in [3.63, 3.8) is 0 Å². The first-order valence-electron chi connectivity index (χ1n) is 3.96. The molecule has 0 saturated carbocycles. The molecule has 2 rings (SSSR count). The standard InChI is InChI=1S/C10H7F2NO/c11-6-4-7(12)10(14)5-2-1-3-8(13)9(5)6/h1-4,14H,13H2. The van der Waals surface area contributed by atoms with Crippen LogP contribution in [0.3, 0.4) is 0 Å². The molecule has 0 saturated heterocycles. The Balaban J connectivity index is 3.02. The van der Waals surface area contributed by atoms with Crippen molar-refractivity contribution in [1.82, 2.24) is 0 Å². The average Bonchev–Trinajstić information content (AvgIpc) is 2.14. The van der Waals surface area contributed by atoms with E-state index in [2.05, 4.69) is 0 Å². The molecule has 0 aliphatic rings. The first kappa shape index (κ1) is 8.74. The molecule has 0 unspecified atom stereocenters. The summed E-state index contributed by atoms with van der Waals surface area (Å²) in [6.45, 7) is 0. The molecular formula is C10H7F2NO. The van der Waals surface area contributed by atoms with E-state index in [1.807, 2.05) is 0 Å². The number of phenols is 1. The molecule has 0 atom stereocenters. The fourth-order valence-corrected chi connectivity index (χ4v) is 1.41. The van der Waals surface area contributed by atoms with Gasteiger partial charge in [-0.2, -0.15) is 0 Å². The number of phenolic OH excluding ortho intramolecular Hbond substituents is 1. The van der Waals surface area contributed by atoms with Crippen LogP contribution in [0.25, 0.3) is 10.8 Å². The van der Waals surface area contributed by atoms with Crippen LogP contribution < -0.4 is 5.73 Å². The van der Waals surface area contributed by atoms with Gasteiger partial charge in [0, 0.05) is 22.5 Å². The molecular weight excluding hydrogens is 188 g/mol. The van der Waals surface area contributed by atoms with Crippen molar-refractivity contribution in [3.05, 3.63) is 35.9 Å². The van der Waals surface area contributed by atoms with Crippen LogP contribution in [0.15, 0.2) is 24.3 Å². The lowest BCUT2D eigenvalue weighted by atomic mass is 10.1. The molecule has 2 nitrogen and oxygen atoms in total. The highest BCUT2D eigenvalue weighted by atomic mass is 19.1. The Hall–Kier alpha value is -1.84. The van der Waals surface area contributed by atoms with Gasteiger partial charge >= 0.3 is 0 Å². The maximum Gasteiger partial charge on any atom is 0.168 e. The molecule has 14 heavy (non-hydrogen) atoms. The van der Waals surface area contributed by atoms with E-state index >= 15 is 0 Å². The summed E-state index contributed by atoms with van der Waals surface area (Å²) in [5.41, 5.74) is 5.68. The van der Waals surface area contributed by atoms with Gasteiger partial charge in [0.2, 0.25) is 0 Å². The third-order valence-electron chi connectivity index (χ3n) is 2.07. The quantitative estimate of drug-likeness (QED) is 0.634. The number of aromatic hydroxyl groups is 1. The maximum absolute atomic E-state index is 13.3. The van der Waals surface area contributed by atoms with Gasteiger partial charge in [-0.3, -0.25) is 0 Å². The lowest BCUT2D eigenvalue weighted by Crippen LogP contribution is -1.91. The number of benzene rings is 2. The van der Waals surface area contributed by atoms with E-state index in [1.54, 1.807) is 0 Å². The molecule has 0 aromatic heterocycles. The zero-order valence-corrected chi connectivity index (χ0v) is 7.09. The second-order valence-corrected chi connectivity index (χ2v) is 2.96. The van der Waals surface area contributed by atoms with Crippen LogP contribution in [0.1, 0.15) is 0 Å². The van der Waals surface area contributed by atoms with Gasteiger partial charge in [-0.25, -0.2) is 8.78 Å². The van der Waals surface area contributed by atoms with Crippen LogP contribution in [0.5, 0.6) is 5.75 Å². The van der Waals surface area contributed by atoms with Gasteiger partial charge in [-0.1, -0.05) is 12.1 Å². The van der Waals surface area contributed by atoms with Gasteiger partial charge in [0.1, 0.15) is 5.82 Å². The minimum Gasteiger partial charge on any atom is -0.504 e. The van der Waals surface area contributed by atoms with Crippen molar-refractivity contribution in [3.8, 4) is 5.75 Å². The molecule has 0 aliphatic carbocycles. The molecule has 0 aliphatic heterocycles. The van der Waals surface area contributed by atoms with E-state index in [9.17, 15) is 13.9 Å². The molecule has 0 amide bonds. The number of anilines is 1. The summed E-state index contributed by atoms with van der Waals surface area (Å²) in [6, 6.07) is 5.04. The van der Waals surface area contributed by atoms with E-state index in [0.717, 1.165) is 0 Å². The van der Waals surface area contributed by atoms with E-state index < -0.39 is 17.4 Å². The number of nitrogens with two attached hydrogens (primary N) is 1. The predicted molar refractivity (Wildman–Crippen MR) is 49.9 cm³/mol. The van der Waals surface area contributed by atoms with E-state index in [0.29, 0.717) is 6.07 Å². The van der Waals surface area contributed by atoms with Crippen LogP contribution in [0.4, 0.5) is 14.5 Å². The minimum atomic E-state index is -0.986. The van der Waals surface area contributed by atoms with Crippen LogP contribution >= 0.6 is 0 Å². The Morgan fingerprint density at radius 3 is 2.57 bits per heavy atom. The highest BCUT2D eigenvalue weighted by Gasteiger charge is 2.12. The highest BCUT2D eigenvalue weighted by Crippen LogP contribution is 2.32. The number of nitrogen functional groups attached to an aromatic ring is 1. The normalized spacial score (nSPS) is 10.7. The topological polar surface area (TPSA) is 46.2 Å². The third-order valence-corrected chi connectivity index (χ3v) is 2.07. The molecule has 0 heterocycles. The summed E-state index contributed by atoms with van der Waals surface area (Å²) in [4.78, 5) is 0. The van der Waals surface area contributed by atoms with Gasteiger partial charge in [0.25, 0.3) is 0 Å². The SMILES string of the molecule is Nc1cccc2c(O)c(F)cc(F)c12. The van der Waals surface area contributed by atoms with Gasteiger partial charge in [-0.15, -0.1) is 0 Å². The smallest absolute Gasteiger partial charge is 0.168 e. The van der Waals surface area contributed by atoms with Crippen LogP contribution in [-0.2, 0) is 0 Å². The van der Waals surface area contributed by atoms with Gasteiger partial charge in [0.05, 0.1) is 0 Å². The number of fused-ring (bicyclic) bond motifs is 1. The Bertz CT molecular complexity index is 511. The molecule has 4 heteroatoms. The molecule has 0 radical (unpaired) electrons. The lowest BCUT2D eigenvalue weighted by Gasteiger charge is -2.05. The molecule has 0 fully saturated rings. The largest absolute Gasteiger partial charge is 0.504 e. The van der Waals surface area contributed by atoms with Gasteiger partial charge < -0.3 is 10.8 Å². The summed E-state index contributed by atoms with van der Waals surface area (Å²) in [7, 11) is 0. The summed E-state index contributed by atoms with van der Waals surface area (Å²) >= 11 is 0. The first-order chi connectivity index (χ1) is 6.61. The van der Waals surface area contributed by atoms with Crippen molar-refractivity contribution in [2.24, 2.45) is 0 Å². The number of hydrogen-bond acceptors (Lipinski definition) is 2. The van der Waals surface area contributed by atoms with Crippen molar-refractivity contribution in [1.29, 1.82) is 0 Å². The second kappa shape index (κ2) is 2.83. The van der Waals surface area contributed by atoms with Crippen LogP contribution in [0, 0.1) is 11.6 Å². The Kier molecular flexibility index (Phi) is 1.77. The molecule has 0 bridgehead atoms. The Labute approximate surface area is 78.6 Å². The number of halogens is 2. The Morgan fingerprint density at radius 2 is 1.86 bits per heavy atom. The van der Waals surface area contributed by atoms with Crippen molar-refractivity contribution in [2.75, 3.05) is 5.73 Å².